The van der Waals surface area contributed by atoms with Crippen LogP contribution < -0.4 is 5.32 Å². The number of phenolic OH excluding ortho intramolecular Hbond substituents is 1. The monoisotopic (exact) mass is 658 g/mol. The number of carbonyl (C=O) groups excluding carboxylic acids is 1. The molecule has 1 aliphatic heterocycles. The molecule has 49 heavy (non-hydrogen) atoms. The lowest BCUT2D eigenvalue weighted by atomic mass is 9.97. The summed E-state index contributed by atoms with van der Waals surface area (Å²) in [5, 5.41) is 33.3. The van der Waals surface area contributed by atoms with Crippen molar-refractivity contribution in [3.63, 3.8) is 0 Å². The first kappa shape index (κ1) is 34.0. The molecule has 0 radical (unpaired) electrons. The second kappa shape index (κ2) is 16.0. The van der Waals surface area contributed by atoms with Crippen LogP contribution in [0.2, 0.25) is 0 Å². The van der Waals surface area contributed by atoms with Crippen LogP contribution in [0.1, 0.15) is 63.1 Å². The van der Waals surface area contributed by atoms with Crippen LogP contribution in [0.5, 0.6) is 5.75 Å². The van der Waals surface area contributed by atoms with E-state index in [-0.39, 0.29) is 30.5 Å². The minimum atomic E-state index is -0.767. The number of aliphatic hydroxyl groups excluding tert-OH is 2. The molecular weight excluding hydrogens is 616 g/mol. The Labute approximate surface area is 287 Å². The summed E-state index contributed by atoms with van der Waals surface area (Å²) in [6, 6.07) is 39.8. The van der Waals surface area contributed by atoms with Gasteiger partial charge in [-0.05, 0) is 64.7 Å². The average Bonchev–Trinajstić information content (AvgIpc) is 3.14. The summed E-state index contributed by atoms with van der Waals surface area (Å²) in [5.41, 5.74) is 7.03. The van der Waals surface area contributed by atoms with Crippen molar-refractivity contribution in [1.82, 2.24) is 10.2 Å². The first-order chi connectivity index (χ1) is 23.9. The molecule has 5 aromatic carbocycles. The van der Waals surface area contributed by atoms with Crippen LogP contribution in [0.3, 0.4) is 0 Å². The van der Waals surface area contributed by atoms with Gasteiger partial charge in [-0.15, -0.1) is 0 Å². The number of amides is 1. The standard InChI is InChI=1S/C41H42N2O6/c1-43(26-38(46)33-11-7-12-35(45)22-33)25-36-23-39(30-16-14-28(27-44)15-17-30)49-41(48-36)32-20-18-29(19-21-32)37-13-6-5-10-34(37)24-42-40(47)31-8-3-2-4-9-31/h2-22,36,38-39,41,44-46H,23-27H2,1H3,(H,42,47)/t36-,38+,39+,41+/m0/s1. The Balaban J connectivity index is 1.17. The van der Waals surface area contributed by atoms with Gasteiger partial charge in [0, 0.05) is 37.2 Å². The van der Waals surface area contributed by atoms with Crippen molar-refractivity contribution >= 4 is 5.91 Å². The first-order valence-electron chi connectivity index (χ1n) is 16.5. The summed E-state index contributed by atoms with van der Waals surface area (Å²) in [5.74, 6) is 0.00109. The normalized spacial score (nSPS) is 18.2. The highest BCUT2D eigenvalue weighted by molar-refractivity contribution is 5.94. The Bertz CT molecular complexity index is 1810. The van der Waals surface area contributed by atoms with Gasteiger partial charge in [-0.3, -0.25) is 4.79 Å². The number of ether oxygens (including phenoxy) is 2. The fourth-order valence-electron chi connectivity index (χ4n) is 6.23. The quantitative estimate of drug-likeness (QED) is 0.118. The van der Waals surface area contributed by atoms with Crippen molar-refractivity contribution in [1.29, 1.82) is 0 Å². The van der Waals surface area contributed by atoms with Gasteiger partial charge in [0.15, 0.2) is 6.29 Å². The molecule has 1 amide bonds. The predicted octanol–water partition coefficient (Wildman–Crippen LogP) is 6.69. The molecule has 252 valence electrons. The van der Waals surface area contributed by atoms with E-state index in [4.69, 9.17) is 9.47 Å². The Hall–Kier alpha value is -4.83. The molecule has 1 aliphatic rings. The summed E-state index contributed by atoms with van der Waals surface area (Å²) < 4.78 is 13.1. The van der Waals surface area contributed by atoms with E-state index >= 15 is 0 Å². The lowest BCUT2D eigenvalue weighted by Gasteiger charge is -2.38. The molecular formula is C41H42N2O6. The van der Waals surface area contributed by atoms with Crippen molar-refractivity contribution < 1.29 is 29.6 Å². The number of likely N-dealkylation sites (N-methyl/N-ethyl adjacent to an activating group) is 1. The third-order valence-electron chi connectivity index (χ3n) is 8.86. The van der Waals surface area contributed by atoms with Gasteiger partial charge in [0.2, 0.25) is 0 Å². The number of hydrogen-bond acceptors (Lipinski definition) is 7. The third kappa shape index (κ3) is 8.80. The molecule has 0 aromatic heterocycles. The highest BCUT2D eigenvalue weighted by atomic mass is 16.7. The van der Waals surface area contributed by atoms with Crippen molar-refractivity contribution in [2.24, 2.45) is 0 Å². The molecule has 0 bridgehead atoms. The molecule has 5 aromatic rings. The number of phenols is 1. The number of aromatic hydroxyl groups is 1. The van der Waals surface area contributed by atoms with Gasteiger partial charge in [0.25, 0.3) is 5.91 Å². The molecule has 8 heteroatoms. The number of hydrogen-bond donors (Lipinski definition) is 4. The fraction of sp³-hybridized carbons (Fsp3) is 0.244. The van der Waals surface area contributed by atoms with E-state index in [1.54, 1.807) is 36.4 Å². The van der Waals surface area contributed by atoms with Crippen LogP contribution in [0.25, 0.3) is 11.1 Å². The van der Waals surface area contributed by atoms with Crippen LogP contribution in [-0.2, 0) is 22.6 Å². The second-order valence-electron chi connectivity index (χ2n) is 12.5. The molecule has 0 saturated carbocycles. The highest BCUT2D eigenvalue weighted by Crippen LogP contribution is 2.39. The fourth-order valence-corrected chi connectivity index (χ4v) is 6.23. The molecule has 6 rings (SSSR count). The van der Waals surface area contributed by atoms with Gasteiger partial charge >= 0.3 is 0 Å². The van der Waals surface area contributed by atoms with Gasteiger partial charge in [-0.1, -0.05) is 103 Å². The number of carbonyl (C=O) groups is 1. The number of aliphatic hydroxyl groups is 2. The van der Waals surface area contributed by atoms with Crippen molar-refractivity contribution in [2.45, 2.75) is 44.2 Å². The summed E-state index contributed by atoms with van der Waals surface area (Å²) >= 11 is 0. The SMILES string of the molecule is CN(C[C@@H]1C[C@H](c2ccc(CO)cc2)O[C@H](c2ccc(-c3ccccc3CNC(=O)c3ccccc3)cc2)O1)C[C@@H](O)c1cccc(O)c1. The van der Waals surface area contributed by atoms with Gasteiger partial charge in [-0.25, -0.2) is 0 Å². The predicted molar refractivity (Wildman–Crippen MR) is 188 cm³/mol. The lowest BCUT2D eigenvalue weighted by Crippen LogP contribution is -2.39. The summed E-state index contributed by atoms with van der Waals surface area (Å²) in [4.78, 5) is 14.7. The molecule has 4 atom stereocenters. The maximum absolute atomic E-state index is 12.7. The van der Waals surface area contributed by atoms with E-state index < -0.39 is 12.4 Å². The third-order valence-corrected chi connectivity index (χ3v) is 8.86. The van der Waals surface area contributed by atoms with E-state index in [0.29, 0.717) is 37.2 Å². The van der Waals surface area contributed by atoms with Gasteiger partial charge < -0.3 is 35.0 Å². The Morgan fingerprint density at radius 2 is 1.57 bits per heavy atom. The number of rotatable bonds is 12. The summed E-state index contributed by atoms with van der Waals surface area (Å²) in [6.45, 7) is 1.29. The first-order valence-corrected chi connectivity index (χ1v) is 16.5. The minimum absolute atomic E-state index is 0.0264. The smallest absolute Gasteiger partial charge is 0.251 e. The molecule has 1 fully saturated rings. The molecule has 0 spiro atoms. The van der Waals surface area contributed by atoms with Gasteiger partial charge in [0.05, 0.1) is 24.9 Å². The van der Waals surface area contributed by atoms with Crippen LogP contribution in [0.15, 0.2) is 127 Å². The zero-order valence-corrected chi connectivity index (χ0v) is 27.5. The largest absolute Gasteiger partial charge is 0.508 e. The van der Waals surface area contributed by atoms with Crippen LogP contribution in [0.4, 0.5) is 0 Å². The molecule has 1 heterocycles. The molecule has 1 saturated heterocycles. The molecule has 4 N–H and O–H groups in total. The van der Waals surface area contributed by atoms with Crippen LogP contribution in [0, 0.1) is 0 Å². The van der Waals surface area contributed by atoms with E-state index in [9.17, 15) is 20.1 Å². The zero-order chi connectivity index (χ0) is 34.2. The van der Waals surface area contributed by atoms with Gasteiger partial charge in [-0.2, -0.15) is 0 Å². The zero-order valence-electron chi connectivity index (χ0n) is 27.5. The van der Waals surface area contributed by atoms with Gasteiger partial charge in [0.1, 0.15) is 5.75 Å². The highest BCUT2D eigenvalue weighted by Gasteiger charge is 2.33. The minimum Gasteiger partial charge on any atom is -0.508 e. The number of nitrogens with one attached hydrogen (secondary N) is 1. The van der Waals surface area contributed by atoms with Crippen molar-refractivity contribution in [3.8, 4) is 16.9 Å². The maximum Gasteiger partial charge on any atom is 0.251 e. The average molecular weight is 659 g/mol. The van der Waals surface area contributed by atoms with E-state index in [1.807, 2.05) is 96.9 Å². The van der Waals surface area contributed by atoms with Crippen molar-refractivity contribution in [3.05, 3.63) is 161 Å². The summed E-state index contributed by atoms with van der Waals surface area (Å²) in [6.07, 6.45) is -1.22. The van der Waals surface area contributed by atoms with E-state index in [1.165, 1.54) is 0 Å². The molecule has 0 unspecified atom stereocenters. The van der Waals surface area contributed by atoms with Crippen LogP contribution in [-0.4, -0.2) is 52.4 Å². The van der Waals surface area contributed by atoms with E-state index in [0.717, 1.165) is 33.4 Å². The Morgan fingerprint density at radius 1 is 0.857 bits per heavy atom. The molecule has 0 aliphatic carbocycles. The Kier molecular flexibility index (Phi) is 11.1. The van der Waals surface area contributed by atoms with Crippen LogP contribution >= 0.6 is 0 Å². The maximum atomic E-state index is 12.7. The van der Waals surface area contributed by atoms with E-state index in [2.05, 4.69) is 11.4 Å². The number of benzene rings is 5. The molecule has 8 nitrogen and oxygen atoms in total. The number of nitrogens with zero attached hydrogens (tertiary/aromatic N) is 1. The Morgan fingerprint density at radius 3 is 2.31 bits per heavy atom. The second-order valence-corrected chi connectivity index (χ2v) is 12.5. The topological polar surface area (TPSA) is 111 Å². The van der Waals surface area contributed by atoms with Crippen molar-refractivity contribution in [2.75, 3.05) is 20.1 Å². The summed E-state index contributed by atoms with van der Waals surface area (Å²) in [7, 11) is 1.94. The lowest BCUT2D eigenvalue weighted by molar-refractivity contribution is -0.252.